The van der Waals surface area contributed by atoms with E-state index in [2.05, 4.69) is 111 Å². The number of aliphatic hydroxyl groups excluding tert-OH is 1. The summed E-state index contributed by atoms with van der Waals surface area (Å²) in [5.74, 6) is 0. The van der Waals surface area contributed by atoms with E-state index in [0.29, 0.717) is 0 Å². The van der Waals surface area contributed by atoms with Gasteiger partial charge in [0.15, 0.2) is 0 Å². The van der Waals surface area contributed by atoms with Crippen LogP contribution in [0.2, 0.25) is 0 Å². The highest BCUT2D eigenvalue weighted by molar-refractivity contribution is 5.94. The second-order valence-corrected chi connectivity index (χ2v) is 11.4. The third-order valence-corrected chi connectivity index (χ3v) is 7.83. The van der Waals surface area contributed by atoms with Gasteiger partial charge in [0.2, 0.25) is 0 Å². The highest BCUT2D eigenvalue weighted by atomic mass is 16.3. The van der Waals surface area contributed by atoms with E-state index in [4.69, 9.17) is 0 Å². The predicted octanol–water partition coefficient (Wildman–Crippen LogP) is 7.88. The molecular weight excluding hydrogens is 438 g/mol. The van der Waals surface area contributed by atoms with E-state index in [1.165, 1.54) is 33.4 Å². The fourth-order valence-electron chi connectivity index (χ4n) is 5.62. The summed E-state index contributed by atoms with van der Waals surface area (Å²) in [6.07, 6.45) is 8.18. The Kier molecular flexibility index (Phi) is 7.27. The van der Waals surface area contributed by atoms with Crippen molar-refractivity contribution in [3.05, 3.63) is 112 Å². The molecule has 0 saturated carbocycles. The minimum absolute atomic E-state index is 0.142. The smallest absolute Gasteiger partial charge is 0.0790 e. The second kappa shape index (κ2) is 10.6. The molecule has 1 N–H and O–H groups in total. The van der Waals surface area contributed by atoms with Gasteiger partial charge < -0.3 is 10.0 Å². The van der Waals surface area contributed by atoms with Gasteiger partial charge >= 0.3 is 0 Å². The molecule has 1 atom stereocenters. The Bertz CT molecular complexity index is 1200. The fourth-order valence-corrected chi connectivity index (χ4v) is 5.62. The van der Waals surface area contributed by atoms with Gasteiger partial charge in [0.1, 0.15) is 0 Å². The number of fused-ring (bicyclic) bond motifs is 2. The number of hydrogen-bond donors (Lipinski definition) is 1. The van der Waals surface area contributed by atoms with Crippen molar-refractivity contribution in [1.29, 1.82) is 0 Å². The summed E-state index contributed by atoms with van der Waals surface area (Å²) in [4.78, 5) is 2.58. The maximum atomic E-state index is 10.7. The zero-order valence-corrected chi connectivity index (χ0v) is 22.0. The minimum Gasteiger partial charge on any atom is -0.388 e. The van der Waals surface area contributed by atoms with Crippen LogP contribution in [0.25, 0.3) is 17.7 Å². The van der Waals surface area contributed by atoms with Crippen LogP contribution in [-0.4, -0.2) is 29.6 Å². The second-order valence-electron chi connectivity index (χ2n) is 11.4. The molecule has 5 rings (SSSR count). The Hall–Kier alpha value is -2.94. The fraction of sp³-hybridized carbons (Fsp3) is 0.353. The summed E-state index contributed by atoms with van der Waals surface area (Å²) in [6, 6.07) is 26.2. The SMILES string of the molecule is CC(C)(C)c1ccc(C(O)CCCN2CCC(=C3c4ccccc4C=Cc4ccccc43)CC2)cc1. The molecular formula is C34H39NO. The molecule has 0 spiro atoms. The quantitative estimate of drug-likeness (QED) is 0.316. The van der Waals surface area contributed by atoms with Crippen molar-refractivity contribution in [1.82, 2.24) is 4.90 Å². The molecule has 3 aromatic carbocycles. The molecule has 1 unspecified atom stereocenters. The zero-order chi connectivity index (χ0) is 25.1. The van der Waals surface area contributed by atoms with Crippen molar-refractivity contribution in [2.24, 2.45) is 0 Å². The lowest BCUT2D eigenvalue weighted by molar-refractivity contribution is 0.153. The van der Waals surface area contributed by atoms with Crippen LogP contribution < -0.4 is 0 Å². The lowest BCUT2D eigenvalue weighted by Crippen LogP contribution is -2.32. The summed E-state index contributed by atoms with van der Waals surface area (Å²) < 4.78 is 0. The van der Waals surface area contributed by atoms with Crippen LogP contribution in [0.15, 0.2) is 78.4 Å². The summed E-state index contributed by atoms with van der Waals surface area (Å²) in [6.45, 7) is 9.91. The number of benzene rings is 3. The molecule has 2 aliphatic rings. The first kappa shape index (κ1) is 24.7. The van der Waals surface area contributed by atoms with Gasteiger partial charge in [-0.1, -0.05) is 111 Å². The lowest BCUT2D eigenvalue weighted by atomic mass is 9.86. The highest BCUT2D eigenvalue weighted by Gasteiger charge is 2.22. The zero-order valence-electron chi connectivity index (χ0n) is 22.0. The molecule has 1 aliphatic heterocycles. The van der Waals surface area contributed by atoms with Crippen molar-refractivity contribution in [2.75, 3.05) is 19.6 Å². The average molecular weight is 478 g/mol. The third kappa shape index (κ3) is 5.40. The van der Waals surface area contributed by atoms with E-state index < -0.39 is 0 Å². The van der Waals surface area contributed by atoms with Gasteiger partial charge in [-0.15, -0.1) is 0 Å². The summed E-state index contributed by atoms with van der Waals surface area (Å²) in [5, 5.41) is 10.7. The highest BCUT2D eigenvalue weighted by Crippen LogP contribution is 2.38. The van der Waals surface area contributed by atoms with E-state index in [1.54, 1.807) is 5.57 Å². The number of likely N-dealkylation sites (tertiary alicyclic amines) is 1. The summed E-state index contributed by atoms with van der Waals surface area (Å²) >= 11 is 0. The van der Waals surface area contributed by atoms with Crippen LogP contribution in [0.3, 0.4) is 0 Å². The predicted molar refractivity (Wildman–Crippen MR) is 153 cm³/mol. The summed E-state index contributed by atoms with van der Waals surface area (Å²) in [7, 11) is 0. The first-order chi connectivity index (χ1) is 17.4. The molecule has 2 nitrogen and oxygen atoms in total. The molecule has 0 radical (unpaired) electrons. The molecule has 0 amide bonds. The van der Waals surface area contributed by atoms with E-state index in [1.807, 2.05) is 0 Å². The lowest BCUT2D eigenvalue weighted by Gasteiger charge is -2.30. The van der Waals surface area contributed by atoms with Crippen LogP contribution in [0.5, 0.6) is 0 Å². The molecule has 0 aromatic heterocycles. The first-order valence-electron chi connectivity index (χ1n) is 13.5. The topological polar surface area (TPSA) is 23.5 Å². The van der Waals surface area contributed by atoms with Crippen molar-refractivity contribution < 1.29 is 5.11 Å². The minimum atomic E-state index is -0.381. The van der Waals surface area contributed by atoms with Crippen LogP contribution in [0, 0.1) is 0 Å². The Morgan fingerprint density at radius 2 is 1.33 bits per heavy atom. The molecule has 2 heteroatoms. The summed E-state index contributed by atoms with van der Waals surface area (Å²) in [5.41, 5.74) is 10.9. The van der Waals surface area contributed by atoms with Crippen molar-refractivity contribution >= 4 is 17.7 Å². The maximum Gasteiger partial charge on any atom is 0.0790 e. The van der Waals surface area contributed by atoms with Crippen molar-refractivity contribution in [3.63, 3.8) is 0 Å². The molecule has 0 bridgehead atoms. The van der Waals surface area contributed by atoms with Gasteiger partial charge in [0.25, 0.3) is 0 Å². The normalized spacial score (nSPS) is 16.9. The van der Waals surface area contributed by atoms with E-state index in [0.717, 1.165) is 50.9 Å². The monoisotopic (exact) mass is 477 g/mol. The van der Waals surface area contributed by atoms with Crippen LogP contribution in [0.4, 0.5) is 0 Å². The Morgan fingerprint density at radius 3 is 1.89 bits per heavy atom. The number of rotatable bonds is 5. The van der Waals surface area contributed by atoms with Gasteiger partial charge in [-0.05, 0) is 76.6 Å². The van der Waals surface area contributed by atoms with Gasteiger partial charge in [0.05, 0.1) is 6.10 Å². The third-order valence-electron chi connectivity index (χ3n) is 7.83. The standard InChI is InChI=1S/C34H39NO/c1-34(2,3)29-18-16-27(17-19-29)32(36)13-8-22-35-23-20-28(21-24-35)33-30-11-6-4-9-25(30)14-15-26-10-5-7-12-31(26)33/h4-7,9-12,14-19,32,36H,8,13,20-24H2,1-3H3. The number of nitrogens with zero attached hydrogens (tertiary/aromatic N) is 1. The van der Waals surface area contributed by atoms with Gasteiger partial charge in [-0.3, -0.25) is 0 Å². The molecule has 3 aromatic rings. The largest absolute Gasteiger partial charge is 0.388 e. The molecule has 1 aliphatic carbocycles. The van der Waals surface area contributed by atoms with Crippen LogP contribution in [0.1, 0.15) is 85.9 Å². The molecule has 1 saturated heterocycles. The first-order valence-corrected chi connectivity index (χ1v) is 13.5. The Labute approximate surface area is 217 Å². The Morgan fingerprint density at radius 1 is 0.778 bits per heavy atom. The van der Waals surface area contributed by atoms with Crippen molar-refractivity contribution in [3.8, 4) is 0 Å². The number of hydrogen-bond acceptors (Lipinski definition) is 2. The van der Waals surface area contributed by atoms with E-state index >= 15 is 0 Å². The van der Waals surface area contributed by atoms with Crippen molar-refractivity contribution in [2.45, 2.75) is 58.0 Å². The number of aliphatic hydroxyl groups is 1. The maximum absolute atomic E-state index is 10.7. The molecule has 36 heavy (non-hydrogen) atoms. The van der Waals surface area contributed by atoms with Crippen LogP contribution >= 0.6 is 0 Å². The Balaban J connectivity index is 1.22. The number of piperidine rings is 1. The van der Waals surface area contributed by atoms with E-state index in [-0.39, 0.29) is 11.5 Å². The van der Waals surface area contributed by atoms with Crippen LogP contribution in [-0.2, 0) is 5.41 Å². The molecule has 186 valence electrons. The molecule has 1 fully saturated rings. The van der Waals surface area contributed by atoms with Gasteiger partial charge in [-0.25, -0.2) is 0 Å². The van der Waals surface area contributed by atoms with Gasteiger partial charge in [-0.2, -0.15) is 0 Å². The average Bonchev–Trinajstić information content (AvgIpc) is 3.06. The van der Waals surface area contributed by atoms with E-state index in [9.17, 15) is 5.11 Å². The molecule has 1 heterocycles. The van der Waals surface area contributed by atoms with Gasteiger partial charge in [0, 0.05) is 13.1 Å².